The maximum Gasteiger partial charge on any atom is 0.320 e. The molecule has 3 saturated heterocycles. The number of rotatable bonds is 1. The number of aliphatic carboxylic acids is 1. The molecule has 3 atom stereocenters. The predicted octanol–water partition coefficient (Wildman–Crippen LogP) is 1.15. The predicted molar refractivity (Wildman–Crippen MR) is 71.4 cm³/mol. The van der Waals surface area contributed by atoms with Crippen LogP contribution in [0.2, 0.25) is 0 Å². The third-order valence-corrected chi connectivity index (χ3v) is 4.77. The van der Waals surface area contributed by atoms with Crippen molar-refractivity contribution in [2.75, 3.05) is 19.7 Å². The number of carboxylic acid groups (broad SMARTS) is 1. The molecule has 6 heteroatoms. The molecule has 0 aliphatic carbocycles. The van der Waals surface area contributed by atoms with Gasteiger partial charge in [0, 0.05) is 18.6 Å². The van der Waals surface area contributed by atoms with Crippen molar-refractivity contribution in [1.82, 2.24) is 9.80 Å². The van der Waals surface area contributed by atoms with Crippen LogP contribution in [0.15, 0.2) is 0 Å². The number of carbonyl (C=O) groups excluding carboxylic acids is 1. The highest BCUT2D eigenvalue weighted by molar-refractivity contribution is 5.79. The highest BCUT2D eigenvalue weighted by Crippen LogP contribution is 2.42. The fraction of sp³-hybridized carbons (Fsp3) is 0.857. The maximum absolute atomic E-state index is 12.7. The zero-order valence-corrected chi connectivity index (χ0v) is 12.0. The van der Waals surface area contributed by atoms with Crippen molar-refractivity contribution in [3.8, 4) is 0 Å². The summed E-state index contributed by atoms with van der Waals surface area (Å²) in [5, 5.41) is 9.26. The molecule has 3 aliphatic heterocycles. The zero-order valence-electron chi connectivity index (χ0n) is 12.0. The first kappa shape index (κ1) is 13.7. The smallest absolute Gasteiger partial charge is 0.320 e. The van der Waals surface area contributed by atoms with Gasteiger partial charge in [-0.15, -0.1) is 0 Å². The van der Waals surface area contributed by atoms with Gasteiger partial charge in [-0.1, -0.05) is 0 Å². The Labute approximate surface area is 118 Å². The summed E-state index contributed by atoms with van der Waals surface area (Å²) in [4.78, 5) is 27.6. The van der Waals surface area contributed by atoms with Crippen LogP contribution < -0.4 is 0 Å². The molecule has 0 aromatic heterocycles. The Kier molecular flexibility index (Phi) is 3.16. The number of carboxylic acids is 1. The fourth-order valence-electron chi connectivity index (χ4n) is 3.90. The second-order valence-corrected chi connectivity index (χ2v) is 6.70. The Morgan fingerprint density at radius 3 is 2.65 bits per heavy atom. The van der Waals surface area contributed by atoms with Gasteiger partial charge >= 0.3 is 12.0 Å². The molecule has 112 valence electrons. The third kappa shape index (κ3) is 2.16. The lowest BCUT2D eigenvalue weighted by atomic mass is 9.89. The van der Waals surface area contributed by atoms with Crippen molar-refractivity contribution < 1.29 is 19.4 Å². The van der Waals surface area contributed by atoms with E-state index >= 15 is 0 Å². The number of nitrogens with zero attached hydrogens (tertiary/aromatic N) is 2. The summed E-state index contributed by atoms with van der Waals surface area (Å²) in [6, 6.07) is -0.00635. The summed E-state index contributed by atoms with van der Waals surface area (Å²) < 4.78 is 5.63. The lowest BCUT2D eigenvalue weighted by Crippen LogP contribution is -2.55. The normalized spacial score (nSPS) is 35.4. The van der Waals surface area contributed by atoms with Gasteiger partial charge in [-0.2, -0.15) is 0 Å². The molecule has 2 amide bonds. The third-order valence-electron chi connectivity index (χ3n) is 4.77. The van der Waals surface area contributed by atoms with Crippen LogP contribution in [0, 0.1) is 5.92 Å². The van der Waals surface area contributed by atoms with E-state index in [0.717, 1.165) is 12.8 Å². The second-order valence-electron chi connectivity index (χ2n) is 6.70. The number of amides is 2. The minimum Gasteiger partial charge on any atom is -0.481 e. The van der Waals surface area contributed by atoms with Crippen LogP contribution in [0.4, 0.5) is 4.79 Å². The van der Waals surface area contributed by atoms with Gasteiger partial charge in [0.05, 0.1) is 24.7 Å². The van der Waals surface area contributed by atoms with Crippen LogP contribution in [0.25, 0.3) is 0 Å². The molecule has 0 radical (unpaired) electrons. The molecule has 0 aromatic carbocycles. The standard InChI is InChI=1S/C14H22N2O4/c1-14(2)8-15(5-6-20-14)13(19)16-9-3-4-11(16)10(7-9)12(17)18/h9-11H,3-8H2,1-2H3,(H,17,18). The Morgan fingerprint density at radius 2 is 2.05 bits per heavy atom. The Morgan fingerprint density at radius 1 is 1.30 bits per heavy atom. The van der Waals surface area contributed by atoms with Crippen molar-refractivity contribution in [2.24, 2.45) is 5.92 Å². The van der Waals surface area contributed by atoms with E-state index in [1.807, 2.05) is 23.6 Å². The average molecular weight is 282 g/mol. The largest absolute Gasteiger partial charge is 0.481 e. The highest BCUT2D eigenvalue weighted by atomic mass is 16.5. The van der Waals surface area contributed by atoms with Crippen LogP contribution in [0.3, 0.4) is 0 Å². The molecule has 0 aromatic rings. The molecule has 0 saturated carbocycles. The van der Waals surface area contributed by atoms with Crippen LogP contribution >= 0.6 is 0 Å². The minimum absolute atomic E-state index is 0.00220. The molecule has 3 heterocycles. The number of ether oxygens (including phenoxy) is 1. The monoisotopic (exact) mass is 282 g/mol. The van der Waals surface area contributed by atoms with E-state index in [-0.39, 0.29) is 29.6 Å². The Hall–Kier alpha value is -1.30. The van der Waals surface area contributed by atoms with Gasteiger partial charge in [-0.3, -0.25) is 4.79 Å². The number of hydrogen-bond acceptors (Lipinski definition) is 3. The van der Waals surface area contributed by atoms with Crippen LogP contribution in [-0.4, -0.2) is 64.3 Å². The van der Waals surface area contributed by atoms with Crippen LogP contribution in [0.1, 0.15) is 33.1 Å². The number of carbonyl (C=O) groups is 2. The molecule has 1 N–H and O–H groups in total. The average Bonchev–Trinajstić information content (AvgIpc) is 2.94. The van der Waals surface area contributed by atoms with Gasteiger partial charge in [-0.25, -0.2) is 4.79 Å². The first-order chi connectivity index (χ1) is 9.39. The van der Waals surface area contributed by atoms with Crippen molar-refractivity contribution in [2.45, 2.75) is 50.8 Å². The highest BCUT2D eigenvalue weighted by Gasteiger charge is 2.52. The van der Waals surface area contributed by atoms with E-state index in [9.17, 15) is 14.7 Å². The number of hydrogen-bond donors (Lipinski definition) is 1. The SMILES string of the molecule is CC1(C)CN(C(=O)N2C3CCC2C(C(=O)O)C3)CCO1. The molecule has 3 unspecified atom stereocenters. The lowest BCUT2D eigenvalue weighted by molar-refractivity contribution is -0.142. The van der Waals surface area contributed by atoms with Gasteiger partial charge in [0.25, 0.3) is 0 Å². The molecular formula is C14H22N2O4. The van der Waals surface area contributed by atoms with Crippen LogP contribution in [-0.2, 0) is 9.53 Å². The van der Waals surface area contributed by atoms with Crippen molar-refractivity contribution in [3.63, 3.8) is 0 Å². The summed E-state index contributed by atoms with van der Waals surface area (Å²) in [7, 11) is 0. The summed E-state index contributed by atoms with van der Waals surface area (Å²) in [6.07, 6.45) is 2.37. The van der Waals surface area contributed by atoms with E-state index in [4.69, 9.17) is 4.74 Å². The van der Waals surface area contributed by atoms with E-state index in [2.05, 4.69) is 0 Å². The fourth-order valence-corrected chi connectivity index (χ4v) is 3.90. The number of morpholine rings is 1. The molecule has 3 fully saturated rings. The van der Waals surface area contributed by atoms with Crippen molar-refractivity contribution in [1.29, 1.82) is 0 Å². The number of fused-ring (bicyclic) bond motifs is 2. The van der Waals surface area contributed by atoms with Crippen molar-refractivity contribution >= 4 is 12.0 Å². The van der Waals surface area contributed by atoms with Gasteiger partial charge in [0.1, 0.15) is 0 Å². The van der Waals surface area contributed by atoms with Gasteiger partial charge in [0.15, 0.2) is 0 Å². The van der Waals surface area contributed by atoms with Crippen LogP contribution in [0.5, 0.6) is 0 Å². The molecule has 20 heavy (non-hydrogen) atoms. The first-order valence-electron chi connectivity index (χ1n) is 7.33. The summed E-state index contributed by atoms with van der Waals surface area (Å²) in [5.41, 5.74) is -0.321. The zero-order chi connectivity index (χ0) is 14.5. The number of urea groups is 1. The molecule has 0 spiro atoms. The van der Waals surface area contributed by atoms with Gasteiger partial charge in [-0.05, 0) is 33.1 Å². The van der Waals surface area contributed by atoms with Crippen molar-refractivity contribution in [3.05, 3.63) is 0 Å². The van der Waals surface area contributed by atoms with Gasteiger partial charge < -0.3 is 19.6 Å². The molecule has 3 aliphatic rings. The molecular weight excluding hydrogens is 260 g/mol. The van der Waals surface area contributed by atoms with E-state index in [1.54, 1.807) is 0 Å². The second kappa shape index (κ2) is 4.62. The Balaban J connectivity index is 1.73. The molecule has 2 bridgehead atoms. The summed E-state index contributed by atoms with van der Waals surface area (Å²) in [5.74, 6) is -1.15. The Bertz CT molecular complexity index is 437. The first-order valence-corrected chi connectivity index (χ1v) is 7.33. The van der Waals surface area contributed by atoms with E-state index in [1.165, 1.54) is 0 Å². The van der Waals surface area contributed by atoms with E-state index in [0.29, 0.717) is 26.1 Å². The maximum atomic E-state index is 12.7. The van der Waals surface area contributed by atoms with Gasteiger partial charge in [0.2, 0.25) is 0 Å². The quantitative estimate of drug-likeness (QED) is 0.783. The minimum atomic E-state index is -0.766. The summed E-state index contributed by atoms with van der Waals surface area (Å²) >= 11 is 0. The summed E-state index contributed by atoms with van der Waals surface area (Å²) in [6.45, 7) is 5.66. The topological polar surface area (TPSA) is 70.1 Å². The lowest BCUT2D eigenvalue weighted by Gasteiger charge is -2.40. The van der Waals surface area contributed by atoms with E-state index < -0.39 is 5.97 Å². The molecule has 3 rings (SSSR count). The molecule has 6 nitrogen and oxygen atoms in total.